The first-order chi connectivity index (χ1) is 10.0. The maximum absolute atomic E-state index is 13.4. The van der Waals surface area contributed by atoms with E-state index in [9.17, 15) is 4.39 Å². The van der Waals surface area contributed by atoms with Crippen LogP contribution >= 0.6 is 27.5 Å². The first-order valence-electron chi connectivity index (χ1n) is 6.57. The smallest absolute Gasteiger partial charge is 0.142 e. The van der Waals surface area contributed by atoms with Crippen LogP contribution in [-0.2, 0) is 13.0 Å². The highest BCUT2D eigenvalue weighted by atomic mass is 79.9. The molecule has 0 bridgehead atoms. The van der Waals surface area contributed by atoms with Crippen LogP contribution in [0.25, 0.3) is 0 Å². The van der Waals surface area contributed by atoms with Crippen LogP contribution in [0.1, 0.15) is 16.7 Å². The molecular formula is C16H16BrClFNO. The second kappa shape index (κ2) is 7.25. The van der Waals surface area contributed by atoms with Crippen LogP contribution in [0.5, 0.6) is 5.75 Å². The molecule has 0 saturated heterocycles. The Balaban J connectivity index is 2.25. The lowest BCUT2D eigenvalue weighted by molar-refractivity contribution is 0.300. The van der Waals surface area contributed by atoms with Crippen molar-refractivity contribution in [2.75, 3.05) is 6.54 Å². The molecule has 2 N–H and O–H groups in total. The number of halogens is 3. The summed E-state index contributed by atoms with van der Waals surface area (Å²) in [5.74, 6) is 0.344. The van der Waals surface area contributed by atoms with Crippen molar-refractivity contribution in [1.82, 2.24) is 0 Å². The van der Waals surface area contributed by atoms with Crippen LogP contribution in [-0.4, -0.2) is 6.54 Å². The van der Waals surface area contributed by atoms with Crippen molar-refractivity contribution in [2.24, 2.45) is 5.73 Å². The minimum absolute atomic E-state index is 0.104. The average Bonchev–Trinajstić information content (AvgIpc) is 2.42. The number of aryl methyl sites for hydroxylation is 1. The Morgan fingerprint density at radius 1 is 1.29 bits per heavy atom. The fraction of sp³-hybridized carbons (Fsp3) is 0.250. The monoisotopic (exact) mass is 371 g/mol. The molecular weight excluding hydrogens is 357 g/mol. The van der Waals surface area contributed by atoms with E-state index >= 15 is 0 Å². The van der Waals surface area contributed by atoms with Gasteiger partial charge in [-0.15, -0.1) is 0 Å². The summed E-state index contributed by atoms with van der Waals surface area (Å²) in [5, 5.41) is 0.104. The molecule has 2 rings (SSSR count). The minimum Gasteiger partial charge on any atom is -0.488 e. The SMILES string of the molecule is Cc1cc(Br)cc(CCN)c1OCc1cccc(F)c1Cl. The van der Waals surface area contributed by atoms with Gasteiger partial charge in [0.15, 0.2) is 0 Å². The third kappa shape index (κ3) is 3.96. The second-order valence-corrected chi connectivity index (χ2v) is 6.04. The van der Waals surface area contributed by atoms with E-state index < -0.39 is 5.82 Å². The number of hydrogen-bond donors (Lipinski definition) is 1. The van der Waals surface area contributed by atoms with Crippen molar-refractivity contribution in [2.45, 2.75) is 20.0 Å². The first kappa shape index (κ1) is 16.3. The fourth-order valence-corrected chi connectivity index (χ4v) is 2.96. The number of rotatable bonds is 5. The van der Waals surface area contributed by atoms with Crippen molar-refractivity contribution >= 4 is 27.5 Å². The molecule has 0 atom stereocenters. The molecule has 21 heavy (non-hydrogen) atoms. The van der Waals surface area contributed by atoms with Gasteiger partial charge < -0.3 is 10.5 Å². The average molecular weight is 373 g/mol. The van der Waals surface area contributed by atoms with Crippen LogP contribution in [0.3, 0.4) is 0 Å². The third-order valence-corrected chi connectivity index (χ3v) is 4.01. The molecule has 0 aliphatic heterocycles. The van der Waals surface area contributed by atoms with Crippen LogP contribution in [0, 0.1) is 12.7 Å². The van der Waals surface area contributed by atoms with E-state index in [-0.39, 0.29) is 11.6 Å². The lowest BCUT2D eigenvalue weighted by Crippen LogP contribution is -2.07. The summed E-state index contributed by atoms with van der Waals surface area (Å²) in [5.41, 5.74) is 8.29. The van der Waals surface area contributed by atoms with Crippen molar-refractivity contribution in [1.29, 1.82) is 0 Å². The van der Waals surface area contributed by atoms with Crippen LogP contribution in [0.4, 0.5) is 4.39 Å². The topological polar surface area (TPSA) is 35.2 Å². The highest BCUT2D eigenvalue weighted by Gasteiger charge is 2.11. The Morgan fingerprint density at radius 3 is 2.76 bits per heavy atom. The Morgan fingerprint density at radius 2 is 2.05 bits per heavy atom. The Labute approximate surface area is 137 Å². The Kier molecular flexibility index (Phi) is 5.62. The van der Waals surface area contributed by atoms with E-state index in [1.54, 1.807) is 12.1 Å². The highest BCUT2D eigenvalue weighted by molar-refractivity contribution is 9.10. The maximum atomic E-state index is 13.4. The van der Waals surface area contributed by atoms with Crippen LogP contribution in [0.15, 0.2) is 34.8 Å². The van der Waals surface area contributed by atoms with Crippen molar-refractivity contribution in [3.63, 3.8) is 0 Å². The molecule has 0 unspecified atom stereocenters. The highest BCUT2D eigenvalue weighted by Crippen LogP contribution is 2.30. The van der Waals surface area contributed by atoms with Gasteiger partial charge in [-0.2, -0.15) is 0 Å². The molecule has 0 spiro atoms. The molecule has 0 heterocycles. The van der Waals surface area contributed by atoms with Gasteiger partial charge in [0.05, 0.1) is 5.02 Å². The van der Waals surface area contributed by atoms with Crippen molar-refractivity contribution in [3.05, 3.63) is 62.3 Å². The van der Waals surface area contributed by atoms with Gasteiger partial charge in [0, 0.05) is 10.0 Å². The number of ether oxygens (including phenoxy) is 1. The van der Waals surface area contributed by atoms with Gasteiger partial charge in [0.1, 0.15) is 18.2 Å². The zero-order chi connectivity index (χ0) is 15.4. The van der Waals surface area contributed by atoms with Gasteiger partial charge in [-0.05, 0) is 49.2 Å². The van der Waals surface area contributed by atoms with E-state index in [4.69, 9.17) is 22.1 Å². The molecule has 0 radical (unpaired) electrons. The van der Waals surface area contributed by atoms with Crippen LogP contribution < -0.4 is 10.5 Å². The fourth-order valence-electron chi connectivity index (χ4n) is 2.16. The van der Waals surface area contributed by atoms with Crippen molar-refractivity contribution < 1.29 is 9.13 Å². The molecule has 2 nitrogen and oxygen atoms in total. The summed E-state index contributed by atoms with van der Waals surface area (Å²) >= 11 is 9.41. The van der Waals surface area contributed by atoms with Gasteiger partial charge in [-0.3, -0.25) is 0 Å². The zero-order valence-electron chi connectivity index (χ0n) is 11.6. The predicted octanol–water partition coefficient (Wildman–Crippen LogP) is 4.63. The number of nitrogens with two attached hydrogens (primary N) is 1. The summed E-state index contributed by atoms with van der Waals surface area (Å²) in [6.07, 6.45) is 0.715. The van der Waals surface area contributed by atoms with Crippen LogP contribution in [0.2, 0.25) is 5.02 Å². The maximum Gasteiger partial charge on any atom is 0.142 e. The van der Waals surface area contributed by atoms with Gasteiger partial charge >= 0.3 is 0 Å². The molecule has 0 fully saturated rings. The molecule has 0 aliphatic carbocycles. The van der Waals surface area contributed by atoms with E-state index in [1.807, 2.05) is 19.1 Å². The van der Waals surface area contributed by atoms with E-state index in [1.165, 1.54) is 6.07 Å². The Hall–Kier alpha value is -1.10. The molecule has 0 saturated carbocycles. The zero-order valence-corrected chi connectivity index (χ0v) is 14.0. The molecule has 0 aliphatic rings. The molecule has 112 valence electrons. The van der Waals surface area contributed by atoms with Gasteiger partial charge in [-0.1, -0.05) is 39.7 Å². The van der Waals surface area contributed by atoms with Crippen molar-refractivity contribution in [3.8, 4) is 5.75 Å². The largest absolute Gasteiger partial charge is 0.488 e. The Bertz CT molecular complexity index is 648. The normalized spacial score (nSPS) is 10.7. The third-order valence-electron chi connectivity index (χ3n) is 3.13. The summed E-state index contributed by atoms with van der Waals surface area (Å²) < 4.78 is 20.3. The van der Waals surface area contributed by atoms with Gasteiger partial charge in [-0.25, -0.2) is 4.39 Å². The lowest BCUT2D eigenvalue weighted by Gasteiger charge is -2.15. The molecule has 0 aromatic heterocycles. The second-order valence-electron chi connectivity index (χ2n) is 4.75. The lowest BCUT2D eigenvalue weighted by atomic mass is 10.1. The molecule has 2 aromatic rings. The molecule has 0 amide bonds. The number of benzene rings is 2. The van der Waals surface area contributed by atoms with Gasteiger partial charge in [0.25, 0.3) is 0 Å². The quantitative estimate of drug-likeness (QED) is 0.830. The molecule has 2 aromatic carbocycles. The molecule has 5 heteroatoms. The van der Waals surface area contributed by atoms with Gasteiger partial charge in [0.2, 0.25) is 0 Å². The summed E-state index contributed by atoms with van der Waals surface area (Å²) in [6.45, 7) is 2.72. The summed E-state index contributed by atoms with van der Waals surface area (Å²) in [6, 6.07) is 8.67. The van der Waals surface area contributed by atoms with E-state index in [0.717, 1.165) is 21.3 Å². The van der Waals surface area contributed by atoms with E-state index in [2.05, 4.69) is 15.9 Å². The number of hydrogen-bond acceptors (Lipinski definition) is 2. The predicted molar refractivity (Wildman–Crippen MR) is 87.4 cm³/mol. The standard InChI is InChI=1S/C16H16BrClFNO/c1-10-7-13(17)8-11(5-6-20)16(10)21-9-12-3-2-4-14(19)15(12)18/h2-4,7-8H,5-6,9,20H2,1H3. The minimum atomic E-state index is -0.438. The first-order valence-corrected chi connectivity index (χ1v) is 7.74. The summed E-state index contributed by atoms with van der Waals surface area (Å²) in [4.78, 5) is 0. The summed E-state index contributed by atoms with van der Waals surface area (Å²) in [7, 11) is 0. The van der Waals surface area contributed by atoms with E-state index in [0.29, 0.717) is 18.5 Å².